The second kappa shape index (κ2) is 6.05. The molecule has 0 aliphatic rings. The quantitative estimate of drug-likeness (QED) is 0.610. The van der Waals surface area contributed by atoms with Crippen LogP contribution in [0.1, 0.15) is 30.9 Å². The van der Waals surface area contributed by atoms with Crippen LogP contribution < -0.4 is 5.56 Å². The number of nitrogens with one attached hydrogen (secondary N) is 1. The molecule has 0 saturated carbocycles. The van der Waals surface area contributed by atoms with E-state index in [9.17, 15) is 10.1 Å². The second-order valence-corrected chi connectivity index (χ2v) is 6.36. The van der Waals surface area contributed by atoms with Gasteiger partial charge in [0.25, 0.3) is 5.56 Å². The molecule has 4 rings (SSSR count). The van der Waals surface area contributed by atoms with E-state index in [0.717, 1.165) is 11.1 Å². The number of rotatable bonds is 3. The van der Waals surface area contributed by atoms with Gasteiger partial charge in [0.2, 0.25) is 0 Å². The predicted octanol–water partition coefficient (Wildman–Crippen LogP) is 3.94. The third-order valence-electron chi connectivity index (χ3n) is 4.33. The van der Waals surface area contributed by atoms with E-state index in [1.807, 2.05) is 50.2 Å². The number of aromatic nitrogens is 3. The number of nitriles is 1. The lowest BCUT2D eigenvalue weighted by molar-refractivity contribution is 0.578. The van der Waals surface area contributed by atoms with Gasteiger partial charge < -0.3 is 4.42 Å². The Morgan fingerprint density at radius 2 is 2.00 bits per heavy atom. The van der Waals surface area contributed by atoms with E-state index in [4.69, 9.17) is 4.42 Å². The Kier molecular flexibility index (Phi) is 3.70. The van der Waals surface area contributed by atoms with Crippen LogP contribution in [0.4, 0.5) is 0 Å². The molecule has 1 aromatic carbocycles. The maximum Gasteiger partial charge on any atom is 0.276 e. The lowest BCUT2D eigenvalue weighted by Crippen LogP contribution is -2.22. The highest BCUT2D eigenvalue weighted by atomic mass is 16.3. The van der Waals surface area contributed by atoms with Crippen LogP contribution in [0, 0.1) is 11.3 Å². The van der Waals surface area contributed by atoms with Crippen molar-refractivity contribution in [1.29, 1.82) is 5.26 Å². The molecule has 6 nitrogen and oxygen atoms in total. The zero-order valence-corrected chi connectivity index (χ0v) is 14.4. The van der Waals surface area contributed by atoms with Gasteiger partial charge in [-0.05, 0) is 17.5 Å². The Balaban J connectivity index is 1.96. The van der Waals surface area contributed by atoms with Gasteiger partial charge in [-0.1, -0.05) is 44.2 Å². The summed E-state index contributed by atoms with van der Waals surface area (Å²) < 4.78 is 7.05. The van der Waals surface area contributed by atoms with Gasteiger partial charge in [-0.2, -0.15) is 5.26 Å². The van der Waals surface area contributed by atoms with E-state index in [-0.39, 0.29) is 11.5 Å². The van der Waals surface area contributed by atoms with Crippen LogP contribution in [-0.4, -0.2) is 14.6 Å². The lowest BCUT2D eigenvalue weighted by atomic mass is 10.0. The molecule has 0 aliphatic carbocycles. The van der Waals surface area contributed by atoms with Gasteiger partial charge in [-0.3, -0.25) is 9.89 Å². The first-order valence-electron chi connectivity index (χ1n) is 8.28. The van der Waals surface area contributed by atoms with Gasteiger partial charge in [0, 0.05) is 11.8 Å². The number of nitrogens with zero attached hydrogens (tertiary/aromatic N) is 3. The summed E-state index contributed by atoms with van der Waals surface area (Å²) in [5, 5.41) is 12.1. The number of H-pyrrole nitrogens is 1. The molecule has 0 amide bonds. The minimum absolute atomic E-state index is 0.0546. The van der Waals surface area contributed by atoms with Crippen molar-refractivity contribution in [2.24, 2.45) is 0 Å². The molecule has 0 bridgehead atoms. The summed E-state index contributed by atoms with van der Waals surface area (Å²) in [6.07, 6.45) is 3.13. The van der Waals surface area contributed by atoms with Crippen molar-refractivity contribution >= 4 is 5.65 Å². The van der Waals surface area contributed by atoms with Crippen LogP contribution in [0.5, 0.6) is 0 Å². The van der Waals surface area contributed by atoms with E-state index in [2.05, 4.69) is 16.2 Å². The molecular formula is C20H16N4O2. The molecule has 0 saturated heterocycles. The molecule has 3 heterocycles. The van der Waals surface area contributed by atoms with Gasteiger partial charge in [0.1, 0.15) is 17.3 Å². The lowest BCUT2D eigenvalue weighted by Gasteiger charge is -2.09. The van der Waals surface area contributed by atoms with Crippen LogP contribution in [0.2, 0.25) is 0 Å². The van der Waals surface area contributed by atoms with Crippen molar-refractivity contribution < 1.29 is 4.42 Å². The van der Waals surface area contributed by atoms with Crippen molar-refractivity contribution in [2.45, 2.75) is 19.8 Å². The minimum Gasteiger partial charge on any atom is -0.462 e. The minimum atomic E-state index is -0.223. The number of furan rings is 1. The molecule has 0 fully saturated rings. The van der Waals surface area contributed by atoms with Gasteiger partial charge in [-0.15, -0.1) is 0 Å². The first kappa shape index (κ1) is 15.9. The van der Waals surface area contributed by atoms with Gasteiger partial charge in [-0.25, -0.2) is 9.50 Å². The molecule has 0 atom stereocenters. The van der Waals surface area contributed by atoms with E-state index >= 15 is 0 Å². The Morgan fingerprint density at radius 3 is 2.69 bits per heavy atom. The van der Waals surface area contributed by atoms with E-state index in [1.165, 1.54) is 10.7 Å². The molecule has 0 spiro atoms. The van der Waals surface area contributed by atoms with Gasteiger partial charge >= 0.3 is 0 Å². The fraction of sp³-hybridized carbons (Fsp3) is 0.150. The molecule has 0 radical (unpaired) electrons. The summed E-state index contributed by atoms with van der Waals surface area (Å²) in [5.41, 5.74) is 3.34. The zero-order valence-electron chi connectivity index (χ0n) is 14.4. The Morgan fingerprint density at radius 1 is 1.23 bits per heavy atom. The summed E-state index contributed by atoms with van der Waals surface area (Å²) >= 11 is 0. The largest absolute Gasteiger partial charge is 0.462 e. The van der Waals surface area contributed by atoms with Crippen LogP contribution >= 0.6 is 0 Å². The summed E-state index contributed by atoms with van der Waals surface area (Å²) in [5.74, 6) is 0.457. The number of hydrogen-bond donors (Lipinski definition) is 1. The Bertz CT molecular complexity index is 1190. The Labute approximate surface area is 149 Å². The summed E-state index contributed by atoms with van der Waals surface area (Å²) in [6.45, 7) is 3.87. The fourth-order valence-corrected chi connectivity index (χ4v) is 3.06. The number of aromatic amines is 1. The molecule has 4 aromatic rings. The van der Waals surface area contributed by atoms with Crippen molar-refractivity contribution in [3.05, 3.63) is 70.3 Å². The fourth-order valence-electron chi connectivity index (χ4n) is 3.06. The standard InChI is InChI=1S/C20H16N4O2/c1-12(2)17-18(23-19-15(9-21)10-22-24(19)20(17)25)16-8-14(11-26-16)13-6-4-3-5-7-13/h3-8,10-12,22H,1-2H3. The summed E-state index contributed by atoms with van der Waals surface area (Å²) in [6, 6.07) is 13.8. The highest BCUT2D eigenvalue weighted by Crippen LogP contribution is 2.31. The van der Waals surface area contributed by atoms with Crippen molar-refractivity contribution in [2.75, 3.05) is 0 Å². The normalized spacial score (nSPS) is 11.2. The first-order valence-corrected chi connectivity index (χ1v) is 8.28. The van der Waals surface area contributed by atoms with Crippen molar-refractivity contribution in [3.8, 4) is 28.7 Å². The van der Waals surface area contributed by atoms with Crippen molar-refractivity contribution in [3.63, 3.8) is 0 Å². The summed E-state index contributed by atoms with van der Waals surface area (Å²) in [4.78, 5) is 17.5. The second-order valence-electron chi connectivity index (χ2n) is 6.36. The average molecular weight is 344 g/mol. The highest BCUT2D eigenvalue weighted by Gasteiger charge is 2.22. The van der Waals surface area contributed by atoms with E-state index in [1.54, 1.807) is 6.26 Å². The molecule has 0 unspecified atom stereocenters. The number of fused-ring (bicyclic) bond motifs is 1. The predicted molar refractivity (Wildman–Crippen MR) is 97.8 cm³/mol. The van der Waals surface area contributed by atoms with Crippen LogP contribution in [-0.2, 0) is 0 Å². The number of benzene rings is 1. The first-order chi connectivity index (χ1) is 12.6. The Hall–Kier alpha value is -3.59. The monoisotopic (exact) mass is 344 g/mol. The van der Waals surface area contributed by atoms with Crippen LogP contribution in [0.3, 0.4) is 0 Å². The molecule has 128 valence electrons. The van der Waals surface area contributed by atoms with E-state index in [0.29, 0.717) is 28.2 Å². The maximum atomic E-state index is 12.9. The van der Waals surface area contributed by atoms with Crippen LogP contribution in [0.25, 0.3) is 28.2 Å². The molecule has 1 N–H and O–H groups in total. The molecular weight excluding hydrogens is 328 g/mol. The average Bonchev–Trinajstić information content (AvgIpc) is 3.29. The van der Waals surface area contributed by atoms with Gasteiger partial charge in [0.15, 0.2) is 11.4 Å². The smallest absolute Gasteiger partial charge is 0.276 e. The topological polar surface area (TPSA) is 87.1 Å². The third kappa shape index (κ3) is 2.42. The number of hydrogen-bond acceptors (Lipinski definition) is 4. The van der Waals surface area contributed by atoms with Crippen molar-refractivity contribution in [1.82, 2.24) is 14.6 Å². The van der Waals surface area contributed by atoms with E-state index < -0.39 is 0 Å². The van der Waals surface area contributed by atoms with Crippen LogP contribution in [0.15, 0.2) is 58.1 Å². The highest BCUT2D eigenvalue weighted by molar-refractivity contribution is 5.71. The SMILES string of the molecule is CC(C)c1c(-c2cc(-c3ccccc3)co2)nc2c(C#N)c[nH]n2c1=O. The molecule has 6 heteroatoms. The maximum absolute atomic E-state index is 12.9. The zero-order chi connectivity index (χ0) is 18.3. The molecule has 3 aromatic heterocycles. The third-order valence-corrected chi connectivity index (χ3v) is 4.33. The molecule has 26 heavy (non-hydrogen) atoms. The molecule has 0 aliphatic heterocycles. The van der Waals surface area contributed by atoms with Gasteiger partial charge in [0.05, 0.1) is 11.8 Å². The summed E-state index contributed by atoms with van der Waals surface area (Å²) in [7, 11) is 0.